The van der Waals surface area contributed by atoms with Gasteiger partial charge in [-0.1, -0.05) is 30.0 Å². The van der Waals surface area contributed by atoms with E-state index in [2.05, 4.69) is 17.0 Å². The van der Waals surface area contributed by atoms with E-state index in [1.54, 1.807) is 17.8 Å². The number of hydrogen-bond acceptors (Lipinski definition) is 6. The quantitative estimate of drug-likeness (QED) is 0.703. The number of nitrogens with zero attached hydrogens (tertiary/aromatic N) is 1. The van der Waals surface area contributed by atoms with Crippen molar-refractivity contribution in [2.24, 2.45) is 0 Å². The molecule has 27 heavy (non-hydrogen) atoms. The first-order chi connectivity index (χ1) is 13.3. The Balaban J connectivity index is 1.33. The molecule has 0 aromatic heterocycles. The van der Waals surface area contributed by atoms with Crippen LogP contribution >= 0.6 is 11.8 Å². The zero-order chi connectivity index (χ0) is 18.5. The van der Waals surface area contributed by atoms with Crippen LogP contribution in [0.5, 0.6) is 5.75 Å². The molecule has 4 rings (SSSR count). The molecule has 2 aliphatic rings. The third kappa shape index (κ3) is 4.41. The van der Waals surface area contributed by atoms with Gasteiger partial charge < -0.3 is 24.2 Å². The van der Waals surface area contributed by atoms with E-state index in [9.17, 15) is 5.11 Å². The maximum Gasteiger partial charge on any atom is 0.157 e. The number of phenolic OH excluding ortho intramolecular Hbond substituents is 1. The number of anilines is 2. The first kappa shape index (κ1) is 18.6. The standard InChI is InChI=1S/C21H25NO4S/c23-17-7-5-9-19-21(17)22(16-6-1-2-8-18(16)27-19)11-13-24-14-15-26-20-10-3-4-12-25-20/h1-2,5-9,20,23H,3-4,10-15H2. The molecule has 2 aromatic carbocycles. The molecule has 1 unspecified atom stereocenters. The summed E-state index contributed by atoms with van der Waals surface area (Å²) < 4.78 is 17.0. The summed E-state index contributed by atoms with van der Waals surface area (Å²) >= 11 is 1.69. The normalized spacial score (nSPS) is 18.8. The fourth-order valence-corrected chi connectivity index (χ4v) is 4.57. The summed E-state index contributed by atoms with van der Waals surface area (Å²) in [7, 11) is 0. The molecule has 0 aliphatic carbocycles. The second kappa shape index (κ2) is 8.97. The number of aromatic hydroxyl groups is 1. The summed E-state index contributed by atoms with van der Waals surface area (Å²) in [4.78, 5) is 4.39. The summed E-state index contributed by atoms with van der Waals surface area (Å²) in [5.41, 5.74) is 1.96. The van der Waals surface area contributed by atoms with Gasteiger partial charge in [0, 0.05) is 22.9 Å². The van der Waals surface area contributed by atoms with Crippen molar-refractivity contribution in [1.29, 1.82) is 0 Å². The highest BCUT2D eigenvalue weighted by molar-refractivity contribution is 7.99. The van der Waals surface area contributed by atoms with E-state index in [1.165, 1.54) is 11.3 Å². The van der Waals surface area contributed by atoms with Crippen LogP contribution in [-0.2, 0) is 14.2 Å². The van der Waals surface area contributed by atoms with Crippen LogP contribution in [0.3, 0.4) is 0 Å². The molecule has 2 aliphatic heterocycles. The maximum atomic E-state index is 10.4. The van der Waals surface area contributed by atoms with E-state index in [0.717, 1.165) is 35.7 Å². The number of phenols is 1. The van der Waals surface area contributed by atoms with Crippen LogP contribution in [0.25, 0.3) is 0 Å². The number of fused-ring (bicyclic) bond motifs is 2. The van der Waals surface area contributed by atoms with Gasteiger partial charge in [-0.3, -0.25) is 0 Å². The zero-order valence-electron chi connectivity index (χ0n) is 15.3. The Morgan fingerprint density at radius 2 is 1.93 bits per heavy atom. The van der Waals surface area contributed by atoms with E-state index in [1.807, 2.05) is 24.3 Å². The van der Waals surface area contributed by atoms with Crippen LogP contribution in [0, 0.1) is 0 Å². The fourth-order valence-electron chi connectivity index (χ4n) is 3.44. The molecule has 1 saturated heterocycles. The number of benzene rings is 2. The lowest BCUT2D eigenvalue weighted by Gasteiger charge is -2.33. The van der Waals surface area contributed by atoms with Gasteiger partial charge in [-0.05, 0) is 43.5 Å². The van der Waals surface area contributed by atoms with Crippen molar-refractivity contribution < 1.29 is 19.3 Å². The second-order valence-corrected chi connectivity index (χ2v) is 7.71. The van der Waals surface area contributed by atoms with Gasteiger partial charge in [-0.2, -0.15) is 0 Å². The van der Waals surface area contributed by atoms with Crippen molar-refractivity contribution in [2.45, 2.75) is 35.3 Å². The predicted molar refractivity (Wildman–Crippen MR) is 106 cm³/mol. The van der Waals surface area contributed by atoms with E-state index < -0.39 is 0 Å². The molecular weight excluding hydrogens is 362 g/mol. The van der Waals surface area contributed by atoms with Crippen LogP contribution in [0.1, 0.15) is 19.3 Å². The van der Waals surface area contributed by atoms with Gasteiger partial charge in [-0.15, -0.1) is 0 Å². The lowest BCUT2D eigenvalue weighted by atomic mass is 10.2. The molecule has 2 heterocycles. The first-order valence-corrected chi connectivity index (χ1v) is 10.3. The number of hydrogen-bond donors (Lipinski definition) is 1. The summed E-state index contributed by atoms with van der Waals surface area (Å²) in [6, 6.07) is 13.9. The lowest BCUT2D eigenvalue weighted by Crippen LogP contribution is -2.27. The monoisotopic (exact) mass is 387 g/mol. The molecule has 1 N–H and O–H groups in total. The Labute approximate surface area is 164 Å². The molecule has 1 fully saturated rings. The number of rotatable bonds is 7. The van der Waals surface area contributed by atoms with Crippen LogP contribution in [0.2, 0.25) is 0 Å². The fraction of sp³-hybridized carbons (Fsp3) is 0.429. The molecule has 0 amide bonds. The van der Waals surface area contributed by atoms with E-state index >= 15 is 0 Å². The molecule has 0 saturated carbocycles. The van der Waals surface area contributed by atoms with Crippen LogP contribution < -0.4 is 4.90 Å². The lowest BCUT2D eigenvalue weighted by molar-refractivity contribution is -0.168. The highest BCUT2D eigenvalue weighted by Gasteiger charge is 2.25. The Bertz CT molecular complexity index is 764. The average molecular weight is 388 g/mol. The van der Waals surface area contributed by atoms with Gasteiger partial charge >= 0.3 is 0 Å². The number of para-hydroxylation sites is 2. The summed E-state index contributed by atoms with van der Waals surface area (Å²) in [5.74, 6) is 0.298. The van der Waals surface area contributed by atoms with Gasteiger partial charge in [0.25, 0.3) is 0 Å². The maximum absolute atomic E-state index is 10.4. The minimum atomic E-state index is -0.0721. The average Bonchev–Trinajstić information content (AvgIpc) is 2.71. The summed E-state index contributed by atoms with van der Waals surface area (Å²) in [6.45, 7) is 3.10. The highest BCUT2D eigenvalue weighted by atomic mass is 32.2. The SMILES string of the molecule is Oc1cccc2c1N(CCOCCOC1CCCCO1)c1ccccc1S2. The highest BCUT2D eigenvalue weighted by Crippen LogP contribution is 2.51. The Kier molecular flexibility index (Phi) is 6.19. The smallest absolute Gasteiger partial charge is 0.157 e. The van der Waals surface area contributed by atoms with Gasteiger partial charge in [0.1, 0.15) is 5.75 Å². The second-order valence-electron chi connectivity index (χ2n) is 6.62. The molecular formula is C21H25NO4S. The molecule has 2 aromatic rings. The zero-order valence-corrected chi connectivity index (χ0v) is 16.1. The minimum absolute atomic E-state index is 0.0721. The van der Waals surface area contributed by atoms with Crippen molar-refractivity contribution in [3.05, 3.63) is 42.5 Å². The molecule has 6 heteroatoms. The Hall–Kier alpha value is -1.73. The minimum Gasteiger partial charge on any atom is -0.506 e. The topological polar surface area (TPSA) is 51.2 Å². The van der Waals surface area contributed by atoms with E-state index in [-0.39, 0.29) is 6.29 Å². The summed E-state index contributed by atoms with van der Waals surface area (Å²) in [6.07, 6.45) is 3.19. The Morgan fingerprint density at radius 1 is 1.04 bits per heavy atom. The van der Waals surface area contributed by atoms with E-state index in [4.69, 9.17) is 14.2 Å². The van der Waals surface area contributed by atoms with Crippen molar-refractivity contribution in [1.82, 2.24) is 0 Å². The van der Waals surface area contributed by atoms with Gasteiger partial charge in [0.15, 0.2) is 6.29 Å². The molecule has 1 atom stereocenters. The summed E-state index contributed by atoms with van der Waals surface area (Å²) in [5, 5.41) is 10.4. The molecule has 0 spiro atoms. The molecule has 0 radical (unpaired) electrons. The van der Waals surface area contributed by atoms with Gasteiger partial charge in [0.2, 0.25) is 0 Å². The van der Waals surface area contributed by atoms with Crippen molar-refractivity contribution in [3.8, 4) is 5.75 Å². The number of ether oxygens (including phenoxy) is 3. The van der Waals surface area contributed by atoms with Crippen LogP contribution in [0.15, 0.2) is 52.3 Å². The predicted octanol–water partition coefficient (Wildman–Crippen LogP) is 4.55. The third-order valence-electron chi connectivity index (χ3n) is 4.75. The largest absolute Gasteiger partial charge is 0.506 e. The van der Waals surface area contributed by atoms with Crippen molar-refractivity contribution in [2.75, 3.05) is 37.9 Å². The molecule has 5 nitrogen and oxygen atoms in total. The first-order valence-electron chi connectivity index (χ1n) is 9.50. The van der Waals surface area contributed by atoms with Crippen LogP contribution in [0.4, 0.5) is 11.4 Å². The third-order valence-corrected chi connectivity index (χ3v) is 5.87. The Morgan fingerprint density at radius 3 is 2.81 bits per heavy atom. The van der Waals surface area contributed by atoms with Gasteiger partial charge in [-0.25, -0.2) is 0 Å². The van der Waals surface area contributed by atoms with Gasteiger partial charge in [0.05, 0.1) is 31.2 Å². The van der Waals surface area contributed by atoms with Crippen LogP contribution in [-0.4, -0.2) is 44.4 Å². The van der Waals surface area contributed by atoms with Crippen molar-refractivity contribution in [3.63, 3.8) is 0 Å². The van der Waals surface area contributed by atoms with E-state index in [0.29, 0.717) is 32.1 Å². The molecule has 0 bridgehead atoms. The molecule has 144 valence electrons. The van der Waals surface area contributed by atoms with Crippen molar-refractivity contribution >= 4 is 23.1 Å².